The van der Waals surface area contributed by atoms with E-state index in [-0.39, 0.29) is 18.2 Å². The van der Waals surface area contributed by atoms with Gasteiger partial charge in [0.25, 0.3) is 0 Å². The van der Waals surface area contributed by atoms with Crippen LogP contribution in [0, 0.1) is 5.92 Å². The number of rotatable bonds is 7. The number of aliphatic hydroxyl groups is 1. The molecule has 1 unspecified atom stereocenters. The van der Waals surface area contributed by atoms with E-state index in [1.165, 1.54) is 12.1 Å². The highest BCUT2D eigenvalue weighted by molar-refractivity contribution is 7.91. The third-order valence-corrected chi connectivity index (χ3v) is 4.35. The van der Waals surface area contributed by atoms with E-state index in [1.54, 1.807) is 0 Å². The molecule has 1 rings (SSSR count). The van der Waals surface area contributed by atoms with Gasteiger partial charge in [-0.2, -0.15) is 8.78 Å². The minimum Gasteiger partial charge on any atom is -0.394 e. The lowest BCUT2D eigenvalue weighted by Gasteiger charge is -2.18. The second-order valence-electron chi connectivity index (χ2n) is 5.44. The topological polar surface area (TPSA) is 95.5 Å². The van der Waals surface area contributed by atoms with Crippen LogP contribution in [0.4, 0.5) is 19.3 Å². The van der Waals surface area contributed by atoms with Gasteiger partial charge < -0.3 is 15.7 Å². The van der Waals surface area contributed by atoms with Crippen LogP contribution in [0.2, 0.25) is 0 Å². The first-order valence-corrected chi connectivity index (χ1v) is 8.52. The Morgan fingerprint density at radius 3 is 2.48 bits per heavy atom. The highest BCUT2D eigenvalue weighted by Crippen LogP contribution is 2.21. The molecule has 0 aliphatic carbocycles. The fraction of sp³-hybridized carbons (Fsp3) is 0.500. The fourth-order valence-corrected chi connectivity index (χ4v) is 2.72. The Bertz CT molecular complexity index is 635. The predicted octanol–water partition coefficient (Wildman–Crippen LogP) is 2.21. The van der Waals surface area contributed by atoms with Gasteiger partial charge in [0.05, 0.1) is 17.5 Å². The van der Waals surface area contributed by atoms with Crippen LogP contribution in [-0.4, -0.2) is 38.0 Å². The van der Waals surface area contributed by atoms with Crippen molar-refractivity contribution >= 4 is 21.6 Å². The number of hydrogen-bond donors (Lipinski definition) is 3. The average molecular weight is 350 g/mol. The summed E-state index contributed by atoms with van der Waals surface area (Å²) in [5.41, 5.74) is 0.0606. The SMILES string of the molecule is CC(C)CC(CO)NC(=O)Nc1cccc(S(=O)(=O)C(F)F)c1. The third-order valence-electron chi connectivity index (χ3n) is 2.97. The molecule has 6 nitrogen and oxygen atoms in total. The van der Waals surface area contributed by atoms with Crippen LogP contribution in [-0.2, 0) is 9.84 Å². The van der Waals surface area contributed by atoms with Gasteiger partial charge in [-0.05, 0) is 30.5 Å². The van der Waals surface area contributed by atoms with Crippen molar-refractivity contribution in [1.82, 2.24) is 5.32 Å². The van der Waals surface area contributed by atoms with Crippen LogP contribution in [0.3, 0.4) is 0 Å². The summed E-state index contributed by atoms with van der Waals surface area (Å²) in [5, 5.41) is 14.1. The molecule has 1 aromatic rings. The number of carbonyl (C=O) groups is 1. The molecule has 0 bridgehead atoms. The molecule has 0 heterocycles. The average Bonchev–Trinajstić information content (AvgIpc) is 2.46. The number of anilines is 1. The van der Waals surface area contributed by atoms with Gasteiger partial charge in [0, 0.05) is 5.69 Å². The number of amides is 2. The van der Waals surface area contributed by atoms with Crippen molar-refractivity contribution in [2.75, 3.05) is 11.9 Å². The summed E-state index contributed by atoms with van der Waals surface area (Å²) in [6.45, 7) is 3.62. The number of sulfone groups is 1. The molecule has 0 saturated carbocycles. The number of urea groups is 1. The summed E-state index contributed by atoms with van der Waals surface area (Å²) in [7, 11) is -4.72. The van der Waals surface area contributed by atoms with Crippen LogP contribution in [0.15, 0.2) is 29.2 Å². The van der Waals surface area contributed by atoms with E-state index in [2.05, 4.69) is 10.6 Å². The minimum absolute atomic E-state index is 0.0606. The molecule has 130 valence electrons. The quantitative estimate of drug-likeness (QED) is 0.702. The van der Waals surface area contributed by atoms with Gasteiger partial charge in [-0.3, -0.25) is 0 Å². The van der Waals surface area contributed by atoms with Crippen LogP contribution in [0.1, 0.15) is 20.3 Å². The standard InChI is InChI=1S/C14H20F2N2O4S/c1-9(2)6-11(8-19)18-14(20)17-10-4-3-5-12(7-10)23(21,22)13(15)16/h3-5,7,9,11,13,19H,6,8H2,1-2H3,(H2,17,18,20). The van der Waals surface area contributed by atoms with Gasteiger partial charge in [-0.15, -0.1) is 0 Å². The number of halogens is 2. The van der Waals surface area contributed by atoms with E-state index in [0.717, 1.165) is 12.1 Å². The molecule has 0 aliphatic rings. The molecule has 9 heteroatoms. The van der Waals surface area contributed by atoms with Crippen molar-refractivity contribution < 1.29 is 27.1 Å². The molecular weight excluding hydrogens is 330 g/mol. The lowest BCUT2D eigenvalue weighted by atomic mass is 10.0. The third kappa shape index (κ3) is 5.76. The summed E-state index contributed by atoms with van der Waals surface area (Å²) in [4.78, 5) is 11.2. The molecule has 2 amide bonds. The molecule has 0 radical (unpaired) electrons. The molecule has 3 N–H and O–H groups in total. The van der Waals surface area contributed by atoms with Crippen molar-refractivity contribution in [3.05, 3.63) is 24.3 Å². The number of carbonyl (C=O) groups excluding carboxylic acids is 1. The van der Waals surface area contributed by atoms with Gasteiger partial charge in [0.2, 0.25) is 9.84 Å². The van der Waals surface area contributed by atoms with E-state index in [4.69, 9.17) is 0 Å². The predicted molar refractivity (Wildman–Crippen MR) is 82.1 cm³/mol. The molecular formula is C14H20F2N2O4S. The number of benzene rings is 1. The maximum atomic E-state index is 12.5. The first-order chi connectivity index (χ1) is 10.7. The summed E-state index contributed by atoms with van der Waals surface area (Å²) < 4.78 is 47.8. The number of alkyl halides is 2. The zero-order valence-electron chi connectivity index (χ0n) is 12.8. The van der Waals surface area contributed by atoms with Gasteiger partial charge in [-0.25, -0.2) is 13.2 Å². The first-order valence-electron chi connectivity index (χ1n) is 6.97. The smallest absolute Gasteiger partial charge is 0.341 e. The van der Waals surface area contributed by atoms with Crippen molar-refractivity contribution in [2.24, 2.45) is 5.92 Å². The first kappa shape index (κ1) is 19.3. The Kier molecular flexibility index (Phi) is 6.89. The number of nitrogens with one attached hydrogen (secondary N) is 2. The van der Waals surface area contributed by atoms with Crippen LogP contribution in [0.25, 0.3) is 0 Å². The lowest BCUT2D eigenvalue weighted by molar-refractivity contribution is 0.214. The molecule has 0 spiro atoms. The summed E-state index contributed by atoms with van der Waals surface area (Å²) in [5.74, 6) is -3.27. The zero-order valence-corrected chi connectivity index (χ0v) is 13.6. The van der Waals surface area contributed by atoms with Gasteiger partial charge in [0.15, 0.2) is 0 Å². The van der Waals surface area contributed by atoms with E-state index in [1.807, 2.05) is 13.8 Å². The number of hydrogen-bond acceptors (Lipinski definition) is 4. The largest absolute Gasteiger partial charge is 0.394 e. The van der Waals surface area contributed by atoms with Crippen LogP contribution >= 0.6 is 0 Å². The highest BCUT2D eigenvalue weighted by atomic mass is 32.2. The van der Waals surface area contributed by atoms with E-state index < -0.39 is 32.6 Å². The highest BCUT2D eigenvalue weighted by Gasteiger charge is 2.26. The molecule has 1 aromatic carbocycles. The van der Waals surface area contributed by atoms with Crippen LogP contribution in [0.5, 0.6) is 0 Å². The summed E-state index contributed by atoms with van der Waals surface area (Å²) >= 11 is 0. The van der Waals surface area contributed by atoms with Crippen molar-refractivity contribution in [2.45, 2.75) is 37.0 Å². The van der Waals surface area contributed by atoms with Crippen molar-refractivity contribution in [3.8, 4) is 0 Å². The second kappa shape index (κ2) is 8.21. The molecule has 0 saturated heterocycles. The fourth-order valence-electron chi connectivity index (χ4n) is 1.95. The minimum atomic E-state index is -4.72. The van der Waals surface area contributed by atoms with Gasteiger partial charge in [0.1, 0.15) is 0 Å². The molecule has 0 fully saturated rings. The maximum absolute atomic E-state index is 12.5. The Hall–Kier alpha value is -1.74. The monoisotopic (exact) mass is 350 g/mol. The normalized spacial score (nSPS) is 13.2. The molecule has 0 aromatic heterocycles. The van der Waals surface area contributed by atoms with Crippen molar-refractivity contribution in [3.63, 3.8) is 0 Å². The van der Waals surface area contributed by atoms with Gasteiger partial charge in [-0.1, -0.05) is 19.9 Å². The Labute approximate surface area is 133 Å². The zero-order chi connectivity index (χ0) is 17.6. The van der Waals surface area contributed by atoms with E-state index >= 15 is 0 Å². The molecule has 23 heavy (non-hydrogen) atoms. The Morgan fingerprint density at radius 2 is 1.96 bits per heavy atom. The molecule has 0 aliphatic heterocycles. The Morgan fingerprint density at radius 1 is 1.30 bits per heavy atom. The number of aliphatic hydroxyl groups excluding tert-OH is 1. The lowest BCUT2D eigenvalue weighted by Crippen LogP contribution is -2.41. The van der Waals surface area contributed by atoms with Crippen LogP contribution < -0.4 is 10.6 Å². The Balaban J connectivity index is 2.80. The van der Waals surface area contributed by atoms with Crippen molar-refractivity contribution in [1.29, 1.82) is 0 Å². The summed E-state index contributed by atoms with van der Waals surface area (Å²) in [6, 6.07) is 3.50. The van der Waals surface area contributed by atoms with E-state index in [9.17, 15) is 27.1 Å². The second-order valence-corrected chi connectivity index (χ2v) is 7.36. The maximum Gasteiger partial charge on any atom is 0.341 e. The van der Waals surface area contributed by atoms with E-state index in [0.29, 0.717) is 6.42 Å². The molecule has 1 atom stereocenters. The van der Waals surface area contributed by atoms with Gasteiger partial charge >= 0.3 is 11.8 Å². The summed E-state index contributed by atoms with van der Waals surface area (Å²) in [6.07, 6.45) is 0.559.